The number of benzene rings is 2. The van der Waals surface area contributed by atoms with Crippen LogP contribution in [0.15, 0.2) is 54.7 Å². The lowest BCUT2D eigenvalue weighted by molar-refractivity contribution is -0.157. The molecule has 1 aliphatic heterocycles. The molecule has 0 saturated carbocycles. The molecule has 0 fully saturated rings. The van der Waals surface area contributed by atoms with Gasteiger partial charge in [0.15, 0.2) is 0 Å². The first-order chi connectivity index (χ1) is 21.6. The number of aliphatic hydroxyl groups is 1. The molecule has 2 amide bonds. The van der Waals surface area contributed by atoms with Crippen LogP contribution in [-0.4, -0.2) is 72.1 Å². The minimum atomic E-state index is -0.823. The number of hydrogen-bond donors (Lipinski definition) is 3. The molecule has 4 rings (SSSR count). The summed E-state index contributed by atoms with van der Waals surface area (Å²) in [5.41, 5.74) is 2.41. The monoisotopic (exact) mass is 621 g/mol. The van der Waals surface area contributed by atoms with Crippen molar-refractivity contribution < 1.29 is 33.7 Å². The molecular weight excluding hydrogens is 574 g/mol. The van der Waals surface area contributed by atoms with Crippen LogP contribution in [0.25, 0.3) is 10.9 Å². The minimum Gasteiger partial charge on any atom is -0.494 e. The first-order valence-corrected chi connectivity index (χ1v) is 15.9. The second-order valence-corrected chi connectivity index (χ2v) is 12.5. The van der Waals surface area contributed by atoms with Crippen LogP contribution >= 0.6 is 0 Å². The molecule has 2 bridgehead atoms. The number of aliphatic hydroxyl groups excluding tert-OH is 1. The lowest BCUT2D eigenvalue weighted by atomic mass is 9.94. The van der Waals surface area contributed by atoms with E-state index in [2.05, 4.69) is 15.2 Å². The SMILES string of the molecule is CC(C)(C)OC(=O)C[C@@H](CCCc1ccc(OCCCO)cc1)C(=O)N[C@H]1Cc2cn(c3ccccc23)CCOCCNC1=O. The Bertz CT molecular complexity index is 1410. The molecule has 0 saturated heterocycles. The Morgan fingerprint density at radius 2 is 1.89 bits per heavy atom. The van der Waals surface area contributed by atoms with Crippen LogP contribution in [-0.2, 0) is 43.2 Å². The molecule has 0 unspecified atom stereocenters. The summed E-state index contributed by atoms with van der Waals surface area (Å²) in [7, 11) is 0. The molecule has 1 aromatic heterocycles. The van der Waals surface area contributed by atoms with Gasteiger partial charge in [-0.2, -0.15) is 0 Å². The number of para-hydroxylation sites is 1. The number of aryl methyl sites for hydroxylation is 1. The molecule has 3 aromatic rings. The molecule has 0 spiro atoms. The predicted octanol–water partition coefficient (Wildman–Crippen LogP) is 3.95. The van der Waals surface area contributed by atoms with Crippen LogP contribution in [0.1, 0.15) is 57.6 Å². The normalized spacial score (nSPS) is 16.6. The standard InChI is InChI=1S/C35H47N3O7/c1-35(2,3)45-32(40)23-26(9-6-8-25-12-14-28(15-13-25)44-19-7-18-39)33(41)37-30-22-27-24-38(31-11-5-4-10-29(27)31)17-21-43-20-16-36-34(30)42/h4-5,10-15,24,26,30,39H,6-9,16-23H2,1-3H3,(H,36,42)(H,37,41)/t26-,30+/m1/s1. The van der Waals surface area contributed by atoms with E-state index >= 15 is 0 Å². The highest BCUT2D eigenvalue weighted by Gasteiger charge is 2.30. The maximum Gasteiger partial charge on any atom is 0.307 e. The number of esters is 1. The highest BCUT2D eigenvalue weighted by molar-refractivity contribution is 5.91. The summed E-state index contributed by atoms with van der Waals surface area (Å²) in [6.07, 6.45) is 4.65. The van der Waals surface area contributed by atoms with Crippen LogP contribution in [0.4, 0.5) is 0 Å². The van der Waals surface area contributed by atoms with Gasteiger partial charge in [0, 0.05) is 55.6 Å². The van der Waals surface area contributed by atoms with Gasteiger partial charge in [0.25, 0.3) is 0 Å². The Hall–Kier alpha value is -3.89. The summed E-state index contributed by atoms with van der Waals surface area (Å²) >= 11 is 0. The fourth-order valence-corrected chi connectivity index (χ4v) is 5.49. The van der Waals surface area contributed by atoms with Crippen molar-refractivity contribution in [2.75, 3.05) is 33.0 Å². The zero-order valence-electron chi connectivity index (χ0n) is 26.7. The second kappa shape index (κ2) is 16.4. The van der Waals surface area contributed by atoms with Gasteiger partial charge in [-0.25, -0.2) is 0 Å². The van der Waals surface area contributed by atoms with Gasteiger partial charge in [-0.05, 0) is 69.4 Å². The van der Waals surface area contributed by atoms with Crippen molar-refractivity contribution in [3.8, 4) is 5.75 Å². The third kappa shape index (κ3) is 10.6. The van der Waals surface area contributed by atoms with Crippen LogP contribution < -0.4 is 15.4 Å². The van der Waals surface area contributed by atoms with Gasteiger partial charge in [0.05, 0.1) is 26.2 Å². The van der Waals surface area contributed by atoms with Crippen molar-refractivity contribution in [1.29, 1.82) is 0 Å². The zero-order valence-corrected chi connectivity index (χ0v) is 26.7. The second-order valence-electron chi connectivity index (χ2n) is 12.5. The molecular formula is C35H47N3O7. The fourth-order valence-electron chi connectivity index (χ4n) is 5.49. The Kier molecular flexibility index (Phi) is 12.4. The summed E-state index contributed by atoms with van der Waals surface area (Å²) in [4.78, 5) is 40.0. The van der Waals surface area contributed by atoms with Crippen LogP contribution in [0.5, 0.6) is 5.75 Å². The third-order valence-electron chi connectivity index (χ3n) is 7.67. The molecule has 3 N–H and O–H groups in total. The van der Waals surface area contributed by atoms with E-state index < -0.39 is 23.5 Å². The predicted molar refractivity (Wildman–Crippen MR) is 172 cm³/mol. The quantitative estimate of drug-likeness (QED) is 0.206. The molecule has 1 aliphatic rings. The summed E-state index contributed by atoms with van der Waals surface area (Å²) < 4.78 is 19.0. The summed E-state index contributed by atoms with van der Waals surface area (Å²) in [6, 6.07) is 14.9. The lowest BCUT2D eigenvalue weighted by Gasteiger charge is -2.24. The van der Waals surface area contributed by atoms with Crippen molar-refractivity contribution in [2.24, 2.45) is 5.92 Å². The molecule has 244 valence electrons. The van der Waals surface area contributed by atoms with Gasteiger partial charge >= 0.3 is 5.97 Å². The Morgan fingerprint density at radius 3 is 2.64 bits per heavy atom. The summed E-state index contributed by atoms with van der Waals surface area (Å²) in [5.74, 6) is -1.02. The number of amides is 2. The largest absolute Gasteiger partial charge is 0.494 e. The molecule has 45 heavy (non-hydrogen) atoms. The Morgan fingerprint density at radius 1 is 1.11 bits per heavy atom. The van der Waals surface area contributed by atoms with E-state index in [1.807, 2.05) is 54.7 Å². The van der Waals surface area contributed by atoms with E-state index in [0.29, 0.717) is 65.0 Å². The van der Waals surface area contributed by atoms with Crippen molar-refractivity contribution in [3.63, 3.8) is 0 Å². The van der Waals surface area contributed by atoms with Gasteiger partial charge in [-0.15, -0.1) is 0 Å². The first-order valence-electron chi connectivity index (χ1n) is 15.9. The number of hydrogen-bond acceptors (Lipinski definition) is 7. The molecule has 10 nitrogen and oxygen atoms in total. The highest BCUT2D eigenvalue weighted by Crippen LogP contribution is 2.24. The van der Waals surface area contributed by atoms with Gasteiger partial charge in [0.1, 0.15) is 17.4 Å². The average molecular weight is 622 g/mol. The van der Waals surface area contributed by atoms with Crippen LogP contribution in [0.2, 0.25) is 0 Å². The maximum absolute atomic E-state index is 13.8. The maximum atomic E-state index is 13.8. The summed E-state index contributed by atoms with van der Waals surface area (Å²) in [5, 5.41) is 15.9. The lowest BCUT2D eigenvalue weighted by Crippen LogP contribution is -2.50. The topological polar surface area (TPSA) is 128 Å². The number of carbonyl (C=O) groups excluding carboxylic acids is 3. The van der Waals surface area contributed by atoms with E-state index in [1.165, 1.54) is 0 Å². The van der Waals surface area contributed by atoms with Crippen molar-refractivity contribution in [2.45, 2.75) is 77.5 Å². The van der Waals surface area contributed by atoms with Crippen molar-refractivity contribution in [3.05, 3.63) is 65.9 Å². The number of ether oxygens (including phenoxy) is 3. The van der Waals surface area contributed by atoms with E-state index in [-0.39, 0.29) is 24.8 Å². The Labute approximate surface area is 265 Å². The molecule has 0 radical (unpaired) electrons. The van der Waals surface area contributed by atoms with Gasteiger partial charge < -0.3 is 34.5 Å². The molecule has 2 atom stereocenters. The number of carbonyl (C=O) groups is 3. The number of rotatable bonds is 12. The fraction of sp³-hybridized carbons (Fsp3) is 0.514. The average Bonchev–Trinajstić information content (AvgIpc) is 3.34. The van der Waals surface area contributed by atoms with E-state index in [1.54, 1.807) is 20.8 Å². The molecule has 0 aliphatic carbocycles. The Balaban J connectivity index is 1.47. The first kappa shape index (κ1) is 34.0. The third-order valence-corrected chi connectivity index (χ3v) is 7.67. The summed E-state index contributed by atoms with van der Waals surface area (Å²) in [6.45, 7) is 7.85. The number of fused-ring (bicyclic) bond motifs is 5. The van der Waals surface area contributed by atoms with Crippen LogP contribution in [0, 0.1) is 5.92 Å². The van der Waals surface area contributed by atoms with Gasteiger partial charge in [-0.1, -0.05) is 30.3 Å². The van der Waals surface area contributed by atoms with Crippen LogP contribution in [0.3, 0.4) is 0 Å². The minimum absolute atomic E-state index is 0.0811. The van der Waals surface area contributed by atoms with E-state index in [9.17, 15) is 14.4 Å². The number of nitrogens with zero attached hydrogens (tertiary/aromatic N) is 1. The highest BCUT2D eigenvalue weighted by atomic mass is 16.6. The number of aromatic nitrogens is 1. The van der Waals surface area contributed by atoms with E-state index in [4.69, 9.17) is 19.3 Å². The van der Waals surface area contributed by atoms with Gasteiger partial charge in [-0.3, -0.25) is 14.4 Å². The molecule has 10 heteroatoms. The molecule has 2 aromatic carbocycles. The smallest absolute Gasteiger partial charge is 0.307 e. The molecule has 2 heterocycles. The number of nitrogens with one attached hydrogen (secondary N) is 2. The van der Waals surface area contributed by atoms with Gasteiger partial charge in [0.2, 0.25) is 11.8 Å². The van der Waals surface area contributed by atoms with Crippen molar-refractivity contribution in [1.82, 2.24) is 15.2 Å². The zero-order chi connectivity index (χ0) is 32.2. The van der Waals surface area contributed by atoms with E-state index in [0.717, 1.165) is 27.8 Å². The van der Waals surface area contributed by atoms with Crippen molar-refractivity contribution >= 4 is 28.7 Å².